The van der Waals surface area contributed by atoms with Gasteiger partial charge in [-0.05, 0) is 31.5 Å². The van der Waals surface area contributed by atoms with Crippen molar-refractivity contribution >= 4 is 17.5 Å². The molecule has 2 atom stereocenters. The van der Waals surface area contributed by atoms with Crippen LogP contribution in [0.1, 0.15) is 31.9 Å². The third-order valence-electron chi connectivity index (χ3n) is 3.39. The van der Waals surface area contributed by atoms with Crippen LogP contribution < -0.4 is 10.2 Å². The molecule has 1 saturated heterocycles. The summed E-state index contributed by atoms with van der Waals surface area (Å²) >= 11 is 0. The van der Waals surface area contributed by atoms with Crippen molar-refractivity contribution in [2.24, 2.45) is 0 Å². The minimum Gasteiger partial charge on any atom is -0.389 e. The predicted octanol–water partition coefficient (Wildman–Crippen LogP) is 1.12. The second-order valence-corrected chi connectivity index (χ2v) is 4.84. The molecule has 0 bridgehead atoms. The molecule has 0 saturated carbocycles. The van der Waals surface area contributed by atoms with E-state index in [1.807, 2.05) is 6.92 Å². The number of halogens is 1. The van der Waals surface area contributed by atoms with Gasteiger partial charge in [0.2, 0.25) is 11.8 Å². The fourth-order valence-electron chi connectivity index (χ4n) is 2.45. The van der Waals surface area contributed by atoms with Crippen molar-refractivity contribution in [3.05, 3.63) is 29.6 Å². The largest absolute Gasteiger partial charge is 0.389 e. The number of hydrogen-bond acceptors (Lipinski definition) is 4. The van der Waals surface area contributed by atoms with Gasteiger partial charge in [0, 0.05) is 11.3 Å². The van der Waals surface area contributed by atoms with E-state index < -0.39 is 23.9 Å². The number of carbonyl (C=O) groups is 2. The standard InChI is InChI=1S/C14H17FN2O3/c1-3-11-14(20)16-13(19)7-17(11)12-5-4-9(15)6-10(12)8(2)18/h4-6,8,11,18H,3,7H2,1-2H3,(H,16,19,20)/t8-,11?/m1/s1. The Morgan fingerprint density at radius 2 is 2.20 bits per heavy atom. The van der Waals surface area contributed by atoms with Gasteiger partial charge in [-0.1, -0.05) is 6.92 Å². The number of carbonyl (C=O) groups excluding carboxylic acids is 2. The Balaban J connectivity index is 2.47. The number of piperazine rings is 1. The molecule has 1 aliphatic rings. The summed E-state index contributed by atoms with van der Waals surface area (Å²) in [4.78, 5) is 25.0. The van der Waals surface area contributed by atoms with Gasteiger partial charge in [0.05, 0.1) is 12.6 Å². The van der Waals surface area contributed by atoms with Gasteiger partial charge in [0.15, 0.2) is 0 Å². The number of aliphatic hydroxyl groups excluding tert-OH is 1. The topological polar surface area (TPSA) is 69.6 Å². The Hall–Kier alpha value is -1.95. The minimum atomic E-state index is -0.890. The summed E-state index contributed by atoms with van der Waals surface area (Å²) in [5, 5.41) is 12.1. The van der Waals surface area contributed by atoms with Crippen LogP contribution in [0.25, 0.3) is 0 Å². The molecule has 1 aromatic carbocycles. The molecule has 0 aliphatic carbocycles. The number of rotatable bonds is 3. The van der Waals surface area contributed by atoms with E-state index in [9.17, 15) is 19.1 Å². The van der Waals surface area contributed by atoms with E-state index in [4.69, 9.17) is 0 Å². The lowest BCUT2D eigenvalue weighted by atomic mass is 10.0. The highest BCUT2D eigenvalue weighted by Gasteiger charge is 2.34. The van der Waals surface area contributed by atoms with Crippen LogP contribution in [0.4, 0.5) is 10.1 Å². The molecule has 0 spiro atoms. The Morgan fingerprint density at radius 3 is 2.80 bits per heavy atom. The van der Waals surface area contributed by atoms with Gasteiger partial charge in [-0.2, -0.15) is 0 Å². The maximum absolute atomic E-state index is 13.3. The normalized spacial score (nSPS) is 20.8. The molecule has 2 amide bonds. The number of anilines is 1. The number of nitrogens with one attached hydrogen (secondary N) is 1. The van der Waals surface area contributed by atoms with Gasteiger partial charge < -0.3 is 10.0 Å². The average molecular weight is 280 g/mol. The Bertz CT molecular complexity index is 545. The van der Waals surface area contributed by atoms with Crippen LogP contribution in [-0.4, -0.2) is 29.5 Å². The molecule has 2 N–H and O–H groups in total. The first-order valence-electron chi connectivity index (χ1n) is 6.52. The van der Waals surface area contributed by atoms with Crippen LogP contribution in [0.2, 0.25) is 0 Å². The van der Waals surface area contributed by atoms with Crippen molar-refractivity contribution in [1.29, 1.82) is 0 Å². The molecule has 6 heteroatoms. The summed E-state index contributed by atoms with van der Waals surface area (Å²) in [6, 6.07) is 3.47. The summed E-state index contributed by atoms with van der Waals surface area (Å²) in [6.45, 7) is 3.36. The van der Waals surface area contributed by atoms with Crippen molar-refractivity contribution in [2.75, 3.05) is 11.4 Å². The van der Waals surface area contributed by atoms with Gasteiger partial charge in [-0.15, -0.1) is 0 Å². The van der Waals surface area contributed by atoms with Crippen molar-refractivity contribution < 1.29 is 19.1 Å². The molecule has 0 aromatic heterocycles. The molecular formula is C14H17FN2O3. The number of benzene rings is 1. The minimum absolute atomic E-state index is 0.00952. The first-order valence-corrected chi connectivity index (χ1v) is 6.52. The molecule has 1 aromatic rings. The number of hydrogen-bond donors (Lipinski definition) is 2. The Labute approximate surface area is 116 Å². The third-order valence-corrected chi connectivity index (χ3v) is 3.39. The fourth-order valence-corrected chi connectivity index (χ4v) is 2.45. The zero-order chi connectivity index (χ0) is 14.9. The second kappa shape index (κ2) is 5.58. The van der Waals surface area contributed by atoms with Crippen molar-refractivity contribution in [2.45, 2.75) is 32.4 Å². The van der Waals surface area contributed by atoms with E-state index in [1.54, 1.807) is 4.90 Å². The molecule has 1 aliphatic heterocycles. The lowest BCUT2D eigenvalue weighted by Gasteiger charge is -2.36. The van der Waals surface area contributed by atoms with Crippen LogP contribution in [0, 0.1) is 5.82 Å². The molecule has 0 radical (unpaired) electrons. The molecule has 2 rings (SSSR count). The Kier molecular flexibility index (Phi) is 4.04. The summed E-state index contributed by atoms with van der Waals surface area (Å²) in [7, 11) is 0. The summed E-state index contributed by atoms with van der Waals surface area (Å²) in [6.07, 6.45) is -0.381. The summed E-state index contributed by atoms with van der Waals surface area (Å²) < 4.78 is 13.3. The highest BCUT2D eigenvalue weighted by atomic mass is 19.1. The maximum Gasteiger partial charge on any atom is 0.249 e. The van der Waals surface area contributed by atoms with E-state index in [-0.39, 0.29) is 12.5 Å². The van der Waals surface area contributed by atoms with E-state index >= 15 is 0 Å². The van der Waals surface area contributed by atoms with Gasteiger partial charge in [0.25, 0.3) is 0 Å². The monoisotopic (exact) mass is 280 g/mol. The number of aliphatic hydroxyl groups is 1. The summed E-state index contributed by atoms with van der Waals surface area (Å²) in [5.41, 5.74) is 0.877. The van der Waals surface area contributed by atoms with E-state index in [2.05, 4.69) is 5.32 Å². The zero-order valence-corrected chi connectivity index (χ0v) is 11.4. The molecule has 1 unspecified atom stereocenters. The predicted molar refractivity (Wildman–Crippen MR) is 71.6 cm³/mol. The third kappa shape index (κ3) is 2.65. The van der Waals surface area contributed by atoms with E-state index in [0.29, 0.717) is 17.7 Å². The molecular weight excluding hydrogens is 263 g/mol. The first kappa shape index (κ1) is 14.5. The molecule has 108 valence electrons. The smallest absolute Gasteiger partial charge is 0.249 e. The van der Waals surface area contributed by atoms with Crippen LogP contribution in [0.15, 0.2) is 18.2 Å². The Morgan fingerprint density at radius 1 is 1.50 bits per heavy atom. The lowest BCUT2D eigenvalue weighted by Crippen LogP contribution is -2.58. The van der Waals surface area contributed by atoms with E-state index in [0.717, 1.165) is 0 Å². The zero-order valence-electron chi connectivity index (χ0n) is 11.4. The van der Waals surface area contributed by atoms with E-state index in [1.165, 1.54) is 25.1 Å². The van der Waals surface area contributed by atoms with Crippen molar-refractivity contribution in [3.8, 4) is 0 Å². The molecule has 20 heavy (non-hydrogen) atoms. The highest BCUT2D eigenvalue weighted by molar-refractivity contribution is 6.04. The van der Waals surface area contributed by atoms with Crippen LogP contribution in [-0.2, 0) is 9.59 Å². The second-order valence-electron chi connectivity index (χ2n) is 4.84. The van der Waals surface area contributed by atoms with Crippen LogP contribution in [0.5, 0.6) is 0 Å². The number of amides is 2. The van der Waals surface area contributed by atoms with Gasteiger partial charge in [-0.25, -0.2) is 4.39 Å². The summed E-state index contributed by atoms with van der Waals surface area (Å²) in [5.74, 6) is -1.24. The quantitative estimate of drug-likeness (QED) is 0.814. The van der Waals surface area contributed by atoms with Crippen molar-refractivity contribution in [1.82, 2.24) is 5.32 Å². The number of imide groups is 1. The first-order chi connectivity index (χ1) is 9.43. The van der Waals surface area contributed by atoms with Crippen LogP contribution in [0.3, 0.4) is 0 Å². The fraction of sp³-hybridized carbons (Fsp3) is 0.429. The van der Waals surface area contributed by atoms with Crippen molar-refractivity contribution in [3.63, 3.8) is 0 Å². The SMILES string of the molecule is CCC1C(=O)NC(=O)CN1c1ccc(F)cc1[C@@H](C)O. The molecule has 1 heterocycles. The molecule has 5 nitrogen and oxygen atoms in total. The average Bonchev–Trinajstić information content (AvgIpc) is 2.37. The highest BCUT2D eigenvalue weighted by Crippen LogP contribution is 2.30. The van der Waals surface area contributed by atoms with Gasteiger partial charge >= 0.3 is 0 Å². The maximum atomic E-state index is 13.3. The lowest BCUT2D eigenvalue weighted by molar-refractivity contribution is -0.132. The molecule has 1 fully saturated rings. The number of nitrogens with zero attached hydrogens (tertiary/aromatic N) is 1. The van der Waals surface area contributed by atoms with Crippen LogP contribution >= 0.6 is 0 Å². The van der Waals surface area contributed by atoms with Gasteiger partial charge in [-0.3, -0.25) is 14.9 Å². The van der Waals surface area contributed by atoms with Gasteiger partial charge in [0.1, 0.15) is 11.9 Å².